The molecule has 0 aliphatic carbocycles. The molecule has 3 rings (SSSR count). The highest BCUT2D eigenvalue weighted by Crippen LogP contribution is 2.33. The van der Waals surface area contributed by atoms with E-state index in [9.17, 15) is 9.59 Å². The van der Waals surface area contributed by atoms with E-state index in [1.807, 2.05) is 31.2 Å². The number of nitrogens with zero attached hydrogens (tertiary/aromatic N) is 1. The summed E-state index contributed by atoms with van der Waals surface area (Å²) in [5.74, 6) is -0.319. The van der Waals surface area contributed by atoms with Gasteiger partial charge in [-0.3, -0.25) is 9.78 Å². The van der Waals surface area contributed by atoms with Gasteiger partial charge in [-0.15, -0.1) is 36.2 Å². The van der Waals surface area contributed by atoms with Crippen LogP contribution in [0.25, 0.3) is 11.1 Å². The zero-order chi connectivity index (χ0) is 24.8. The molecule has 0 saturated heterocycles. The van der Waals surface area contributed by atoms with E-state index in [1.165, 1.54) is 18.4 Å². The summed E-state index contributed by atoms with van der Waals surface area (Å²) in [6.07, 6.45) is 0.892. The third-order valence-corrected chi connectivity index (χ3v) is 6.40. The number of anilines is 1. The number of amides is 1. The zero-order valence-corrected chi connectivity index (χ0v) is 23.4. The second-order valence-electron chi connectivity index (χ2n) is 8.59. The molecule has 3 aromatic rings. The molecule has 0 aliphatic heterocycles. The number of halogens is 2. The fourth-order valence-electron chi connectivity index (χ4n) is 4.01. The Morgan fingerprint density at radius 2 is 1.72 bits per heavy atom. The van der Waals surface area contributed by atoms with Crippen LogP contribution in [0.15, 0.2) is 35.0 Å². The van der Waals surface area contributed by atoms with Crippen LogP contribution in [-0.4, -0.2) is 24.0 Å². The van der Waals surface area contributed by atoms with Gasteiger partial charge in [0.05, 0.1) is 24.8 Å². The number of aromatic nitrogens is 1. The minimum atomic E-state index is -0.487. The molecule has 1 aromatic carbocycles. The van der Waals surface area contributed by atoms with Crippen molar-refractivity contribution in [3.05, 3.63) is 68.7 Å². The Bertz CT molecular complexity index is 1180. The van der Waals surface area contributed by atoms with E-state index >= 15 is 0 Å². The first-order valence-electron chi connectivity index (χ1n) is 11.2. The number of esters is 1. The van der Waals surface area contributed by atoms with Gasteiger partial charge in [-0.05, 0) is 47.1 Å². The van der Waals surface area contributed by atoms with Crippen LogP contribution in [0.2, 0.25) is 0 Å². The lowest BCUT2D eigenvalue weighted by Crippen LogP contribution is -2.20. The highest BCUT2D eigenvalue weighted by molar-refractivity contribution is 7.08. The third-order valence-electron chi connectivity index (χ3n) is 5.65. The molecule has 5 N–H and O–H groups in total. The Balaban J connectivity index is 0.00000324. The van der Waals surface area contributed by atoms with Gasteiger partial charge in [0.25, 0.3) is 0 Å². The Labute approximate surface area is 228 Å². The Hall–Kier alpha value is -2.49. The molecule has 196 valence electrons. The molecular formula is C26H34Cl2N4O3S. The molecule has 0 radical (unpaired) electrons. The quantitative estimate of drug-likeness (QED) is 0.319. The first-order chi connectivity index (χ1) is 16.3. The molecule has 10 heteroatoms. The summed E-state index contributed by atoms with van der Waals surface area (Å²) >= 11 is 1.32. The Kier molecular flexibility index (Phi) is 12.5. The lowest BCUT2D eigenvalue weighted by Gasteiger charge is -2.21. The number of pyridine rings is 1. The molecule has 36 heavy (non-hydrogen) atoms. The number of nitrogens with two attached hydrogens (primary N) is 2. The monoisotopic (exact) mass is 552 g/mol. The van der Waals surface area contributed by atoms with E-state index in [2.05, 4.69) is 19.2 Å². The van der Waals surface area contributed by atoms with E-state index < -0.39 is 5.97 Å². The van der Waals surface area contributed by atoms with Crippen LogP contribution in [0.4, 0.5) is 5.69 Å². The number of benzene rings is 1. The van der Waals surface area contributed by atoms with Gasteiger partial charge in [-0.25, -0.2) is 4.79 Å². The highest BCUT2D eigenvalue weighted by Gasteiger charge is 2.22. The number of ether oxygens (including phenoxy) is 1. The van der Waals surface area contributed by atoms with Crippen molar-refractivity contribution in [1.29, 1.82) is 0 Å². The minimum absolute atomic E-state index is 0. The molecule has 0 aliphatic rings. The lowest BCUT2D eigenvalue weighted by atomic mass is 9.88. The summed E-state index contributed by atoms with van der Waals surface area (Å²) < 4.78 is 4.81. The van der Waals surface area contributed by atoms with Crippen molar-refractivity contribution in [2.45, 2.75) is 46.7 Å². The molecule has 2 heterocycles. The van der Waals surface area contributed by atoms with Crippen LogP contribution >= 0.6 is 36.2 Å². The molecule has 2 aromatic heterocycles. The van der Waals surface area contributed by atoms with Gasteiger partial charge in [0, 0.05) is 35.2 Å². The fraction of sp³-hybridized carbons (Fsp3) is 0.346. The summed E-state index contributed by atoms with van der Waals surface area (Å²) in [5.41, 5.74) is 19.3. The van der Waals surface area contributed by atoms with Crippen molar-refractivity contribution < 1.29 is 14.3 Å². The Morgan fingerprint density at radius 1 is 1.06 bits per heavy atom. The number of hydrogen-bond acceptors (Lipinski definition) is 7. The number of carbonyl (C=O) groups is 2. The number of thiophene rings is 1. The van der Waals surface area contributed by atoms with Crippen molar-refractivity contribution in [2.24, 2.45) is 17.4 Å². The Morgan fingerprint density at radius 3 is 2.28 bits per heavy atom. The molecule has 1 amide bonds. The van der Waals surface area contributed by atoms with Crippen molar-refractivity contribution in [3.63, 3.8) is 0 Å². The van der Waals surface area contributed by atoms with Gasteiger partial charge in [-0.2, -0.15) is 0 Å². The first kappa shape index (κ1) is 31.5. The molecule has 7 nitrogen and oxygen atoms in total. The van der Waals surface area contributed by atoms with Gasteiger partial charge >= 0.3 is 5.97 Å². The standard InChI is InChI=1S/C26H32N4O3S.2ClH/c1-15(2)9-22-20(12-28)25(18-7-5-17(11-27)6-8-18)19(16(3)29-22)10-24(31)30-23-14-34-13-21(23)26(32)33-4;;/h5-8,13-15H,9-12,27-28H2,1-4H3,(H,30,31);2*1H. The van der Waals surface area contributed by atoms with E-state index in [1.54, 1.807) is 10.8 Å². The molecule has 0 unspecified atom stereocenters. The average Bonchev–Trinajstić information content (AvgIpc) is 3.27. The van der Waals surface area contributed by atoms with Crippen molar-refractivity contribution in [1.82, 2.24) is 4.98 Å². The summed E-state index contributed by atoms with van der Waals surface area (Å²) in [7, 11) is 1.32. The van der Waals surface area contributed by atoms with Gasteiger partial charge < -0.3 is 21.5 Å². The fourth-order valence-corrected chi connectivity index (χ4v) is 4.76. The number of carbonyl (C=O) groups excluding carboxylic acids is 2. The van der Waals surface area contributed by atoms with Gasteiger partial charge in [0.2, 0.25) is 5.91 Å². The van der Waals surface area contributed by atoms with Gasteiger partial charge in [0.1, 0.15) is 0 Å². The molecule has 0 bridgehead atoms. The summed E-state index contributed by atoms with van der Waals surface area (Å²) in [6, 6.07) is 8.02. The van der Waals surface area contributed by atoms with E-state index in [0.717, 1.165) is 45.6 Å². The minimum Gasteiger partial charge on any atom is -0.465 e. The zero-order valence-electron chi connectivity index (χ0n) is 20.9. The number of methoxy groups -OCH3 is 1. The number of hydrogen-bond donors (Lipinski definition) is 3. The van der Waals surface area contributed by atoms with Crippen molar-refractivity contribution >= 4 is 53.7 Å². The number of nitrogens with one attached hydrogen (secondary N) is 1. The lowest BCUT2D eigenvalue weighted by molar-refractivity contribution is -0.115. The number of aryl methyl sites for hydroxylation is 1. The largest absolute Gasteiger partial charge is 0.465 e. The number of rotatable bonds is 9. The predicted molar refractivity (Wildman–Crippen MR) is 151 cm³/mol. The van der Waals surface area contributed by atoms with Crippen molar-refractivity contribution in [2.75, 3.05) is 12.4 Å². The maximum absolute atomic E-state index is 13.1. The van der Waals surface area contributed by atoms with Crippen LogP contribution in [0.5, 0.6) is 0 Å². The molecule has 0 saturated carbocycles. The van der Waals surface area contributed by atoms with E-state index in [-0.39, 0.29) is 37.1 Å². The van der Waals surface area contributed by atoms with E-state index in [4.69, 9.17) is 21.2 Å². The summed E-state index contributed by atoms with van der Waals surface area (Å²) in [5, 5.41) is 6.24. The second kappa shape index (κ2) is 14.3. The van der Waals surface area contributed by atoms with E-state index in [0.29, 0.717) is 30.3 Å². The SMILES string of the molecule is COC(=O)c1cscc1NC(=O)Cc1c(C)nc(CC(C)C)c(CN)c1-c1ccc(CN)cc1.Cl.Cl. The maximum atomic E-state index is 13.1. The first-order valence-corrected chi connectivity index (χ1v) is 12.2. The van der Waals surface area contributed by atoms with Crippen LogP contribution in [0.3, 0.4) is 0 Å². The van der Waals surface area contributed by atoms with Crippen molar-refractivity contribution in [3.8, 4) is 11.1 Å². The second-order valence-corrected chi connectivity index (χ2v) is 9.34. The molecule has 0 atom stereocenters. The normalized spacial score (nSPS) is 10.4. The summed E-state index contributed by atoms with van der Waals surface area (Å²) in [4.78, 5) is 30.0. The van der Waals surface area contributed by atoms with Crippen LogP contribution in [-0.2, 0) is 35.5 Å². The summed E-state index contributed by atoms with van der Waals surface area (Å²) in [6.45, 7) is 6.99. The maximum Gasteiger partial charge on any atom is 0.340 e. The predicted octanol–water partition coefficient (Wildman–Crippen LogP) is 5.05. The highest BCUT2D eigenvalue weighted by atomic mass is 35.5. The van der Waals surface area contributed by atoms with Gasteiger partial charge in [0.15, 0.2) is 0 Å². The van der Waals surface area contributed by atoms with Crippen LogP contribution in [0, 0.1) is 12.8 Å². The average molecular weight is 554 g/mol. The van der Waals surface area contributed by atoms with Crippen LogP contribution < -0.4 is 16.8 Å². The molecule has 0 fully saturated rings. The third kappa shape index (κ3) is 7.27. The molecular weight excluding hydrogens is 519 g/mol. The smallest absolute Gasteiger partial charge is 0.340 e. The van der Waals surface area contributed by atoms with Crippen LogP contribution in [0.1, 0.15) is 52.3 Å². The molecule has 0 spiro atoms. The topological polar surface area (TPSA) is 120 Å². The van der Waals surface area contributed by atoms with Gasteiger partial charge in [-0.1, -0.05) is 38.1 Å².